The second-order valence-corrected chi connectivity index (χ2v) is 19.5. The number of oxime groups is 2. The van der Waals surface area contributed by atoms with E-state index < -0.39 is 29.1 Å². The maximum absolute atomic E-state index is 13.3. The number of amides is 7. The third-order valence-corrected chi connectivity index (χ3v) is 12.2. The Labute approximate surface area is 454 Å². The molecule has 7 amide bonds. The Bertz CT molecular complexity index is 1750. The van der Waals surface area contributed by atoms with Gasteiger partial charge in [-0.25, -0.2) is 0 Å². The zero-order chi connectivity index (χ0) is 57.1. The van der Waals surface area contributed by atoms with Gasteiger partial charge in [0.1, 0.15) is 19.3 Å². The van der Waals surface area contributed by atoms with E-state index in [0.29, 0.717) is 89.1 Å². The molecule has 440 valence electrons. The van der Waals surface area contributed by atoms with Gasteiger partial charge in [-0.2, -0.15) is 0 Å². The molecule has 3 atom stereocenters. The molecule has 0 unspecified atom stereocenters. The van der Waals surface area contributed by atoms with Gasteiger partial charge in [0.05, 0.1) is 55.0 Å². The van der Waals surface area contributed by atoms with Gasteiger partial charge in [-0.05, 0) is 118 Å². The molecule has 0 spiro atoms. The zero-order valence-electron chi connectivity index (χ0n) is 47.0. The number of nitrogens with zero attached hydrogens (tertiary/aromatic N) is 2. The number of primary amides is 2. The molecule has 0 radical (unpaired) electrons. The molecule has 0 aliphatic rings. The van der Waals surface area contributed by atoms with E-state index in [4.69, 9.17) is 25.7 Å². The van der Waals surface area contributed by atoms with Crippen LogP contribution in [0.15, 0.2) is 28.2 Å². The number of nitrogens with two attached hydrogens (primary N) is 2. The van der Waals surface area contributed by atoms with Crippen molar-refractivity contribution in [3.8, 4) is 0 Å². The summed E-state index contributed by atoms with van der Waals surface area (Å²) in [4.78, 5) is 86.1. The van der Waals surface area contributed by atoms with Crippen molar-refractivity contribution < 1.29 is 58.2 Å². The van der Waals surface area contributed by atoms with Crippen LogP contribution in [0.3, 0.4) is 0 Å². The van der Waals surface area contributed by atoms with Crippen molar-refractivity contribution in [1.82, 2.24) is 37.2 Å². The quantitative estimate of drug-likeness (QED) is 0.0137. The molecule has 0 fully saturated rings. The summed E-state index contributed by atoms with van der Waals surface area (Å²) in [6.07, 6.45) is 10.6. The Morgan fingerprint density at radius 2 is 1.01 bits per heavy atom. The van der Waals surface area contributed by atoms with Crippen molar-refractivity contribution in [2.75, 3.05) is 72.4 Å². The van der Waals surface area contributed by atoms with Crippen LogP contribution in [0.25, 0.3) is 0 Å². The smallest absolute Gasteiger partial charge is 0.245 e. The maximum Gasteiger partial charge on any atom is 0.245 e. The van der Waals surface area contributed by atoms with Crippen molar-refractivity contribution in [2.45, 2.75) is 183 Å². The molecule has 0 aliphatic heterocycles. The van der Waals surface area contributed by atoms with Gasteiger partial charge in [0.2, 0.25) is 41.4 Å². The number of hydrogen-bond acceptors (Lipinski definition) is 16. The third-order valence-electron chi connectivity index (χ3n) is 12.2. The molecule has 0 aromatic rings. The number of nitrogens with one attached hydrogen (secondary N) is 7. The fourth-order valence-electron chi connectivity index (χ4n) is 6.39. The average molecular weight is 1080 g/mol. The van der Waals surface area contributed by atoms with Crippen LogP contribution in [0.1, 0.15) is 160 Å². The summed E-state index contributed by atoms with van der Waals surface area (Å²) in [6, 6.07) is -1.30. The summed E-state index contributed by atoms with van der Waals surface area (Å²) in [7, 11) is 0. The highest BCUT2D eigenvalue weighted by molar-refractivity contribution is 5.91. The lowest BCUT2D eigenvalue weighted by molar-refractivity contribution is -0.129. The van der Waals surface area contributed by atoms with Gasteiger partial charge in [-0.1, -0.05) is 51.4 Å². The summed E-state index contributed by atoms with van der Waals surface area (Å²) in [5.74, 6) is -2.82. The van der Waals surface area contributed by atoms with Gasteiger partial charge in [0.15, 0.2) is 0 Å². The van der Waals surface area contributed by atoms with Gasteiger partial charge in [-0.3, -0.25) is 33.6 Å². The van der Waals surface area contributed by atoms with E-state index in [1.807, 2.05) is 46.8 Å². The Balaban J connectivity index is -0.00000714. The first kappa shape index (κ1) is 74.8. The van der Waals surface area contributed by atoms with Crippen molar-refractivity contribution in [1.29, 1.82) is 0 Å². The fourth-order valence-corrected chi connectivity index (χ4v) is 6.39. The third kappa shape index (κ3) is 40.8. The lowest BCUT2D eigenvalue weighted by Gasteiger charge is -2.32. The first-order valence-corrected chi connectivity index (χ1v) is 26.4. The van der Waals surface area contributed by atoms with E-state index in [1.54, 1.807) is 27.7 Å². The number of rotatable bonds is 43. The fraction of sp³-hybridized carbons (Fsp3) is 0.774. The summed E-state index contributed by atoms with van der Waals surface area (Å²) < 4.78 is 16.1. The van der Waals surface area contributed by atoms with E-state index in [0.717, 1.165) is 19.3 Å². The molecule has 0 saturated heterocycles. The van der Waals surface area contributed by atoms with E-state index in [2.05, 4.69) is 60.2 Å². The van der Waals surface area contributed by atoms with E-state index in [9.17, 15) is 44.0 Å². The molecule has 0 heterocycles. The van der Waals surface area contributed by atoms with E-state index >= 15 is 0 Å². The second kappa shape index (κ2) is 45.7. The first-order valence-electron chi connectivity index (χ1n) is 26.4. The average Bonchev–Trinajstić information content (AvgIpc) is 3.36. The zero-order valence-corrected chi connectivity index (χ0v) is 47.0. The lowest BCUT2D eigenvalue weighted by Crippen LogP contribution is -2.57. The lowest BCUT2D eigenvalue weighted by atomic mass is 9.98. The van der Waals surface area contributed by atoms with Gasteiger partial charge < -0.3 is 73.3 Å². The van der Waals surface area contributed by atoms with Crippen LogP contribution in [0.5, 0.6) is 0 Å². The minimum absolute atomic E-state index is 0. The molecule has 23 heteroatoms. The van der Waals surface area contributed by atoms with Crippen molar-refractivity contribution in [3.05, 3.63) is 17.9 Å². The highest BCUT2D eigenvalue weighted by Crippen LogP contribution is 2.10. The molecule has 0 saturated carbocycles. The monoisotopic (exact) mass is 1080 g/mol. The predicted molar refractivity (Wildman–Crippen MR) is 297 cm³/mol. The number of carbonyl (C=O) groups excluding carboxylic acids is 7. The number of ether oxygens (including phenoxy) is 3. The molecule has 23 nitrogen and oxygen atoms in total. The van der Waals surface area contributed by atoms with Gasteiger partial charge in [0, 0.05) is 57.4 Å². The highest BCUT2D eigenvalue weighted by atomic mass is 16.5. The normalized spacial score (nSPS) is 13.2. The summed E-state index contributed by atoms with van der Waals surface area (Å²) in [5.41, 5.74) is 13.1. The van der Waals surface area contributed by atoms with Gasteiger partial charge >= 0.3 is 0 Å². The molecule has 0 aromatic carbocycles. The summed E-state index contributed by atoms with van der Waals surface area (Å²) >= 11 is 0. The van der Waals surface area contributed by atoms with Crippen LogP contribution in [-0.2, 0) is 47.8 Å². The molecule has 0 rings (SSSR count). The summed E-state index contributed by atoms with van der Waals surface area (Å²) in [5, 5.41) is 46.0. The minimum Gasteiger partial charge on any atom is -0.411 e. The Hall–Kier alpha value is -5.45. The standard InChI is InChI=1S/C46H87N11O12.C6H10.CH4/c1-32(42(47)62)16-9-12-21-49-40(60)30-68-26-24-67-25-27-69-31-41(61)50-22-14-11-18-37(44(64)51-23-13-10-17-33(2)43(48)63)55-39(59)20-15-19-38(58)54-36(28-52-45(5,6)34(3)56-65)29-53-46(7,8)35(4)57-66;1-3-5-6-4-2;/h32-33,36-37,52-53,65-66H,9-31H2,1-8H3,(H2,47,62)(H2,48,63)(H,49,60)(H,50,61)(H,51,64)(H,54,58)(H,55,59);3,6H,4H2,1-2H3;1H4/b56-34+,57-35+;;/t32-,33-,37-;;/m0../s1. The minimum atomic E-state index is -0.858. The predicted octanol–water partition coefficient (Wildman–Crippen LogP) is 3.48. The largest absolute Gasteiger partial charge is 0.411 e. The summed E-state index contributed by atoms with van der Waals surface area (Å²) in [6.45, 7) is 20.6. The van der Waals surface area contributed by atoms with Crippen LogP contribution in [-0.4, -0.2) is 159 Å². The van der Waals surface area contributed by atoms with Crippen molar-refractivity contribution >= 4 is 52.8 Å². The topological polar surface area (TPSA) is 349 Å². The van der Waals surface area contributed by atoms with Crippen LogP contribution >= 0.6 is 0 Å². The van der Waals surface area contributed by atoms with Crippen LogP contribution in [0, 0.1) is 11.8 Å². The van der Waals surface area contributed by atoms with Crippen LogP contribution < -0.4 is 48.7 Å². The van der Waals surface area contributed by atoms with Crippen LogP contribution in [0.4, 0.5) is 0 Å². The number of allylic oxidation sites excluding steroid dienone is 1. The van der Waals surface area contributed by atoms with Crippen molar-refractivity contribution in [2.24, 2.45) is 33.6 Å². The second-order valence-electron chi connectivity index (χ2n) is 19.5. The molecular weight excluding hydrogens is 983 g/mol. The maximum atomic E-state index is 13.3. The highest BCUT2D eigenvalue weighted by Gasteiger charge is 2.27. The number of carbonyl (C=O) groups is 7. The molecule has 0 aliphatic carbocycles. The molecule has 0 bridgehead atoms. The number of unbranched alkanes of at least 4 members (excludes halogenated alkanes) is 3. The van der Waals surface area contributed by atoms with Gasteiger partial charge in [-0.15, -0.1) is 5.73 Å². The van der Waals surface area contributed by atoms with E-state index in [-0.39, 0.29) is 114 Å². The van der Waals surface area contributed by atoms with Crippen LogP contribution in [0.2, 0.25) is 0 Å². The number of hydrogen-bond donors (Lipinski definition) is 11. The Morgan fingerprint density at radius 3 is 1.41 bits per heavy atom. The molecule has 76 heavy (non-hydrogen) atoms. The van der Waals surface area contributed by atoms with Gasteiger partial charge in [0.25, 0.3) is 0 Å². The van der Waals surface area contributed by atoms with E-state index in [1.165, 1.54) is 0 Å². The Morgan fingerprint density at radius 1 is 0.605 bits per heavy atom. The molecular formula is C53H101N11O12. The molecule has 13 N–H and O–H groups in total. The SMILES string of the molecule is C.C/C(=N\O)C(C)(C)NCC(CNC(C)(C)/C(C)=N/O)NC(=O)CCCC(=O)N[C@@H](CCCCNC(=O)COCCOCCOCC(=O)NCCCC[C@H](C)C(N)=O)C(=O)NCCCC[C@H](C)C(N)=O.CC=C=CCC. The molecule has 0 aromatic heterocycles. The Kier molecular flexibility index (Phi) is 45.0. The first-order chi connectivity index (χ1) is 35.5. The van der Waals surface area contributed by atoms with Crippen molar-refractivity contribution in [3.63, 3.8) is 0 Å².